The zero-order valence-electron chi connectivity index (χ0n) is 38.7. The molecule has 20 heteroatoms. The standard InChI is InChI=1S/2C25H28N6O4/c2*1-2-18(14-27-30-25(26)35)28-23(33)20-13-17-10-6-9-15-11-12-19(24(34)31(20)21(15)17)29-22(32)16-7-4-3-5-8-16/h2*3-10,14,18-20H,2,11-13H2,1H3,(H,28,33)(H,29,32)(H3,26,30,35)/b2*27-14+/t2*18-,19-,20-/m00/s1. The Bertz CT molecular complexity index is 2510. The van der Waals surface area contributed by atoms with E-state index in [1.54, 1.807) is 48.5 Å². The molecule has 0 unspecified atom stereocenters. The number of hydrogen-bond donors (Lipinski definition) is 8. The maximum absolute atomic E-state index is 13.7. The number of urea groups is 2. The number of hydrogen-bond acceptors (Lipinski definition) is 10. The second kappa shape index (κ2) is 22.6. The number of nitrogens with two attached hydrogens (primary N) is 2. The Labute approximate surface area is 404 Å². The first-order chi connectivity index (χ1) is 33.8. The maximum Gasteiger partial charge on any atom is 0.332 e. The molecule has 20 nitrogen and oxygen atoms in total. The van der Waals surface area contributed by atoms with Gasteiger partial charge in [-0.25, -0.2) is 20.4 Å². The lowest BCUT2D eigenvalue weighted by atomic mass is 10.0. The number of anilines is 2. The van der Waals surface area contributed by atoms with E-state index >= 15 is 0 Å². The number of rotatable bonds is 14. The summed E-state index contributed by atoms with van der Waals surface area (Å²) in [6, 6.07) is 23.5. The fourth-order valence-electron chi connectivity index (χ4n) is 9.04. The van der Waals surface area contributed by atoms with E-state index in [1.807, 2.05) is 62.4 Å². The summed E-state index contributed by atoms with van der Waals surface area (Å²) in [5, 5.41) is 19.0. The van der Waals surface area contributed by atoms with E-state index in [0.717, 1.165) is 33.6 Å². The quantitative estimate of drug-likeness (QED) is 0.0685. The molecule has 0 radical (unpaired) electrons. The lowest BCUT2D eigenvalue weighted by Crippen LogP contribution is -2.55. The first kappa shape index (κ1) is 49.5. The summed E-state index contributed by atoms with van der Waals surface area (Å²) < 4.78 is 0. The van der Waals surface area contributed by atoms with E-state index in [2.05, 4.69) is 42.3 Å². The molecule has 0 saturated heterocycles. The minimum absolute atomic E-state index is 0.310. The number of carbonyl (C=O) groups excluding carboxylic acids is 8. The molecule has 4 aliphatic rings. The lowest BCUT2D eigenvalue weighted by molar-refractivity contribution is -0.127. The van der Waals surface area contributed by atoms with Crippen molar-refractivity contribution in [1.82, 2.24) is 32.1 Å². The Morgan fingerprint density at radius 1 is 0.571 bits per heavy atom. The molecule has 70 heavy (non-hydrogen) atoms. The van der Waals surface area contributed by atoms with Crippen LogP contribution in [-0.4, -0.2) is 96.2 Å². The van der Waals surface area contributed by atoms with E-state index < -0.39 is 48.3 Å². The van der Waals surface area contributed by atoms with E-state index in [4.69, 9.17) is 11.5 Å². The van der Waals surface area contributed by atoms with Gasteiger partial charge in [0.15, 0.2) is 0 Å². The van der Waals surface area contributed by atoms with Gasteiger partial charge in [-0.15, -0.1) is 0 Å². The molecule has 364 valence electrons. The number of aryl methyl sites for hydroxylation is 2. The molecule has 4 aromatic rings. The van der Waals surface area contributed by atoms with Gasteiger partial charge in [-0.2, -0.15) is 10.2 Å². The van der Waals surface area contributed by atoms with Crippen LogP contribution in [0.2, 0.25) is 0 Å². The van der Waals surface area contributed by atoms with Gasteiger partial charge in [0, 0.05) is 36.4 Å². The largest absolute Gasteiger partial charge is 0.350 e. The van der Waals surface area contributed by atoms with Crippen LogP contribution in [0, 0.1) is 0 Å². The van der Waals surface area contributed by atoms with Crippen LogP contribution in [0.15, 0.2) is 107 Å². The van der Waals surface area contributed by atoms with Crippen molar-refractivity contribution in [2.45, 2.75) is 101 Å². The first-order valence-electron chi connectivity index (χ1n) is 23.1. The van der Waals surface area contributed by atoms with Gasteiger partial charge < -0.3 is 32.7 Å². The molecule has 4 heterocycles. The fraction of sp³-hybridized carbons (Fsp3) is 0.320. The van der Waals surface area contributed by atoms with Crippen molar-refractivity contribution >= 4 is 71.3 Å². The van der Waals surface area contributed by atoms with Gasteiger partial charge in [0.05, 0.1) is 23.5 Å². The average molecular weight is 953 g/mol. The SMILES string of the molecule is CC[C@@H](/C=N/NC(N)=O)NC(=O)[C@@H]1Cc2cccc3c2N1C(=O)[C@@H](NC(=O)c1ccccc1)CC3.CC[C@@H](/C=N/NC(N)=O)NC(=O)[C@@H]1Cc2cccc3c2N1C(=O)[C@@H](NC(=O)c1ccccc1)CC3. The summed E-state index contributed by atoms with van der Waals surface area (Å²) in [5.41, 5.74) is 20.5. The van der Waals surface area contributed by atoms with Crippen molar-refractivity contribution in [2.75, 3.05) is 9.80 Å². The first-order valence-corrected chi connectivity index (χ1v) is 23.1. The Morgan fingerprint density at radius 3 is 1.30 bits per heavy atom. The summed E-state index contributed by atoms with van der Waals surface area (Å²) in [6.07, 6.45) is 6.62. The Balaban J connectivity index is 0.000000206. The highest BCUT2D eigenvalue weighted by Crippen LogP contribution is 2.40. The van der Waals surface area contributed by atoms with Gasteiger partial charge in [0.1, 0.15) is 24.2 Å². The van der Waals surface area contributed by atoms with Gasteiger partial charge in [-0.1, -0.05) is 86.6 Å². The van der Waals surface area contributed by atoms with Crippen molar-refractivity contribution in [1.29, 1.82) is 0 Å². The van der Waals surface area contributed by atoms with Crippen molar-refractivity contribution < 1.29 is 38.4 Å². The summed E-state index contributed by atoms with van der Waals surface area (Å²) in [5.74, 6) is -1.97. The van der Waals surface area contributed by atoms with E-state index in [1.165, 1.54) is 22.2 Å². The van der Waals surface area contributed by atoms with Crippen LogP contribution in [-0.2, 0) is 44.9 Å². The summed E-state index contributed by atoms with van der Waals surface area (Å²) in [6.45, 7) is 3.71. The predicted molar refractivity (Wildman–Crippen MR) is 262 cm³/mol. The summed E-state index contributed by atoms with van der Waals surface area (Å²) >= 11 is 0. The second-order valence-corrected chi connectivity index (χ2v) is 17.1. The number of primary amides is 2. The minimum atomic E-state index is -0.806. The maximum atomic E-state index is 13.7. The molecule has 0 fully saturated rings. The smallest absolute Gasteiger partial charge is 0.332 e. The summed E-state index contributed by atoms with van der Waals surface area (Å²) in [4.78, 5) is 104. The molecule has 10 amide bonds. The van der Waals surface area contributed by atoms with Crippen LogP contribution in [0.5, 0.6) is 0 Å². The van der Waals surface area contributed by atoms with E-state index in [-0.39, 0.29) is 35.4 Å². The predicted octanol–water partition coefficient (Wildman–Crippen LogP) is 2.48. The molecule has 0 aromatic heterocycles. The third kappa shape index (κ3) is 11.5. The topological polar surface area (TPSA) is 292 Å². The van der Waals surface area contributed by atoms with Crippen LogP contribution < -0.4 is 53.4 Å². The third-order valence-corrected chi connectivity index (χ3v) is 12.5. The Kier molecular flexibility index (Phi) is 16.0. The molecular weight excluding hydrogens is 897 g/mol. The van der Waals surface area contributed by atoms with E-state index in [0.29, 0.717) is 62.5 Å². The van der Waals surface area contributed by atoms with Crippen LogP contribution in [0.3, 0.4) is 0 Å². The highest BCUT2D eigenvalue weighted by Gasteiger charge is 2.46. The van der Waals surface area contributed by atoms with Crippen molar-refractivity contribution in [3.8, 4) is 0 Å². The van der Waals surface area contributed by atoms with Gasteiger partial charge in [-0.05, 0) is 85.0 Å². The number of carbonyl (C=O) groups is 8. The third-order valence-electron chi connectivity index (χ3n) is 12.5. The molecule has 0 spiro atoms. The zero-order chi connectivity index (χ0) is 49.9. The average Bonchev–Trinajstić information content (AvgIpc) is 3.88. The van der Waals surface area contributed by atoms with Crippen LogP contribution in [0.25, 0.3) is 0 Å². The van der Waals surface area contributed by atoms with Crippen molar-refractivity contribution in [2.24, 2.45) is 21.7 Å². The van der Waals surface area contributed by atoms with Gasteiger partial charge in [0.25, 0.3) is 11.8 Å². The van der Waals surface area contributed by atoms with Gasteiger partial charge in [-0.3, -0.25) is 38.6 Å². The normalized spacial score (nSPS) is 19.6. The van der Waals surface area contributed by atoms with Gasteiger partial charge in [0.2, 0.25) is 23.6 Å². The molecule has 8 rings (SSSR count). The molecule has 4 aromatic carbocycles. The number of nitrogens with one attached hydrogen (secondary N) is 6. The molecule has 6 atom stereocenters. The molecule has 0 bridgehead atoms. The number of para-hydroxylation sites is 2. The molecule has 0 aliphatic carbocycles. The highest BCUT2D eigenvalue weighted by atomic mass is 16.2. The van der Waals surface area contributed by atoms with Gasteiger partial charge >= 0.3 is 12.1 Å². The molecule has 4 aliphatic heterocycles. The lowest BCUT2D eigenvalue weighted by Gasteiger charge is -2.28. The van der Waals surface area contributed by atoms with Crippen LogP contribution in [0.4, 0.5) is 21.0 Å². The van der Waals surface area contributed by atoms with Crippen LogP contribution >= 0.6 is 0 Å². The zero-order valence-corrected chi connectivity index (χ0v) is 38.7. The number of hydrazone groups is 2. The highest BCUT2D eigenvalue weighted by molar-refractivity contribution is 6.10. The number of amides is 10. The van der Waals surface area contributed by atoms with E-state index in [9.17, 15) is 38.4 Å². The minimum Gasteiger partial charge on any atom is -0.350 e. The second-order valence-electron chi connectivity index (χ2n) is 17.1. The van der Waals surface area contributed by atoms with Crippen molar-refractivity contribution in [3.63, 3.8) is 0 Å². The molecule has 0 saturated carbocycles. The Hall–Kier alpha value is -8.42. The summed E-state index contributed by atoms with van der Waals surface area (Å²) in [7, 11) is 0. The Morgan fingerprint density at radius 2 is 0.943 bits per heavy atom. The van der Waals surface area contributed by atoms with Crippen LogP contribution in [0.1, 0.15) is 82.5 Å². The molecular formula is C50H56N12O8. The molecule has 10 N–H and O–H groups in total. The number of benzene rings is 4. The number of nitrogens with zero attached hydrogens (tertiary/aromatic N) is 4. The monoisotopic (exact) mass is 952 g/mol. The fourth-order valence-corrected chi connectivity index (χ4v) is 9.04. The van der Waals surface area contributed by atoms with Crippen molar-refractivity contribution in [3.05, 3.63) is 130 Å².